The van der Waals surface area contributed by atoms with Crippen LogP contribution in [0.4, 0.5) is 11.4 Å². The summed E-state index contributed by atoms with van der Waals surface area (Å²) in [5, 5.41) is 11.2. The number of nitrogens with two attached hydrogens (primary N) is 2. The van der Waals surface area contributed by atoms with Crippen molar-refractivity contribution in [1.29, 1.82) is 0 Å². The van der Waals surface area contributed by atoms with Crippen LogP contribution in [0.3, 0.4) is 0 Å². The summed E-state index contributed by atoms with van der Waals surface area (Å²) in [6, 6.07) is 8.96. The molecule has 2 aromatic carbocycles. The highest BCUT2D eigenvalue weighted by atomic mass is 16.3. The minimum absolute atomic E-state index is 0.0654. The molecule has 0 radical (unpaired) electrons. The number of rotatable bonds is 0. The summed E-state index contributed by atoms with van der Waals surface area (Å²) in [5.74, 6) is 0.0654. The highest BCUT2D eigenvalue weighted by Gasteiger charge is 2.05. The van der Waals surface area contributed by atoms with E-state index in [1.807, 2.05) is 18.2 Å². The van der Waals surface area contributed by atoms with Crippen molar-refractivity contribution in [2.45, 2.75) is 0 Å². The third-order valence-corrected chi connectivity index (χ3v) is 2.08. The van der Waals surface area contributed by atoms with Crippen LogP contribution in [0.1, 0.15) is 0 Å². The molecule has 66 valence electrons. The summed E-state index contributed by atoms with van der Waals surface area (Å²) in [5.41, 5.74) is 12.2. The van der Waals surface area contributed by atoms with Crippen LogP contribution in [0, 0.1) is 0 Å². The van der Waals surface area contributed by atoms with Crippen LogP contribution in [0.25, 0.3) is 10.8 Å². The van der Waals surface area contributed by atoms with Gasteiger partial charge in [0.25, 0.3) is 0 Å². The van der Waals surface area contributed by atoms with Gasteiger partial charge in [0.15, 0.2) is 0 Å². The second kappa shape index (κ2) is 2.55. The Morgan fingerprint density at radius 1 is 0.923 bits per heavy atom. The first kappa shape index (κ1) is 7.73. The van der Waals surface area contributed by atoms with Crippen LogP contribution in [0.5, 0.6) is 5.75 Å². The fraction of sp³-hybridized carbons (Fsp3) is 0. The molecule has 0 aliphatic rings. The van der Waals surface area contributed by atoms with Gasteiger partial charge in [0.05, 0.1) is 5.69 Å². The molecule has 0 unspecified atom stereocenters. The van der Waals surface area contributed by atoms with Gasteiger partial charge in [-0.3, -0.25) is 0 Å². The zero-order valence-corrected chi connectivity index (χ0v) is 6.99. The number of aromatic hydroxyl groups is 1. The van der Waals surface area contributed by atoms with E-state index in [1.54, 1.807) is 12.1 Å². The van der Waals surface area contributed by atoms with Crippen molar-refractivity contribution < 1.29 is 5.11 Å². The van der Waals surface area contributed by atoms with Gasteiger partial charge in [0.2, 0.25) is 0 Å². The highest BCUT2D eigenvalue weighted by molar-refractivity contribution is 6.00. The van der Waals surface area contributed by atoms with Crippen molar-refractivity contribution >= 4 is 22.1 Å². The Balaban J connectivity index is 2.97. The number of anilines is 2. The second-order valence-electron chi connectivity index (χ2n) is 2.95. The summed E-state index contributed by atoms with van der Waals surface area (Å²) in [6.07, 6.45) is 0. The molecule has 13 heavy (non-hydrogen) atoms. The van der Waals surface area contributed by atoms with Gasteiger partial charge in [0.1, 0.15) is 5.75 Å². The molecule has 0 aromatic heterocycles. The molecular weight excluding hydrogens is 164 g/mol. The molecule has 0 amide bonds. The van der Waals surface area contributed by atoms with Gasteiger partial charge in [-0.1, -0.05) is 18.2 Å². The molecular formula is C10H10N2O. The number of hydrogen-bond donors (Lipinski definition) is 3. The van der Waals surface area contributed by atoms with Crippen LogP contribution >= 0.6 is 0 Å². The van der Waals surface area contributed by atoms with Crippen LogP contribution in [0.2, 0.25) is 0 Å². The molecule has 0 bridgehead atoms. The minimum Gasteiger partial charge on any atom is -0.505 e. The fourth-order valence-corrected chi connectivity index (χ4v) is 1.40. The van der Waals surface area contributed by atoms with Gasteiger partial charge in [0, 0.05) is 11.1 Å². The van der Waals surface area contributed by atoms with Crippen molar-refractivity contribution in [3.63, 3.8) is 0 Å². The lowest BCUT2D eigenvalue weighted by Gasteiger charge is -2.05. The monoisotopic (exact) mass is 174 g/mol. The Morgan fingerprint density at radius 3 is 2.46 bits per heavy atom. The van der Waals surface area contributed by atoms with Crippen LogP contribution in [-0.2, 0) is 0 Å². The van der Waals surface area contributed by atoms with E-state index in [-0.39, 0.29) is 5.75 Å². The van der Waals surface area contributed by atoms with E-state index in [0.29, 0.717) is 16.8 Å². The Hall–Kier alpha value is -1.90. The van der Waals surface area contributed by atoms with Gasteiger partial charge in [-0.15, -0.1) is 0 Å². The van der Waals surface area contributed by atoms with Crippen molar-refractivity contribution in [2.24, 2.45) is 0 Å². The molecule has 0 atom stereocenters. The van der Waals surface area contributed by atoms with Crippen molar-refractivity contribution in [1.82, 2.24) is 0 Å². The molecule has 5 N–H and O–H groups in total. The molecule has 0 fully saturated rings. The first-order valence-electron chi connectivity index (χ1n) is 3.96. The lowest BCUT2D eigenvalue weighted by atomic mass is 10.1. The van der Waals surface area contributed by atoms with E-state index in [0.717, 1.165) is 5.39 Å². The van der Waals surface area contributed by atoms with Crippen molar-refractivity contribution in [2.75, 3.05) is 11.5 Å². The summed E-state index contributed by atoms with van der Waals surface area (Å²) in [4.78, 5) is 0. The standard InChI is InChI=1S/C10H10N2O/c11-7-3-1-2-6-4-5-8(12)10(13)9(6)7/h1-5,13H,11-12H2. The molecule has 0 aliphatic heterocycles. The van der Waals surface area contributed by atoms with Crippen LogP contribution < -0.4 is 11.5 Å². The summed E-state index contributed by atoms with van der Waals surface area (Å²) in [7, 11) is 0. The third-order valence-electron chi connectivity index (χ3n) is 2.08. The molecule has 0 heterocycles. The topological polar surface area (TPSA) is 72.3 Å². The smallest absolute Gasteiger partial charge is 0.148 e. The second-order valence-corrected chi connectivity index (χ2v) is 2.95. The Kier molecular flexibility index (Phi) is 1.52. The Labute approximate surface area is 75.6 Å². The zero-order chi connectivity index (χ0) is 9.42. The molecule has 0 aliphatic carbocycles. The SMILES string of the molecule is Nc1ccc2cccc(N)c2c1O. The number of phenolic OH excluding ortho intramolecular Hbond substituents is 1. The zero-order valence-electron chi connectivity index (χ0n) is 6.99. The largest absolute Gasteiger partial charge is 0.505 e. The normalized spacial score (nSPS) is 10.5. The van der Waals surface area contributed by atoms with E-state index < -0.39 is 0 Å². The van der Waals surface area contributed by atoms with Crippen LogP contribution in [-0.4, -0.2) is 5.11 Å². The predicted molar refractivity (Wildman–Crippen MR) is 54.4 cm³/mol. The van der Waals surface area contributed by atoms with E-state index in [4.69, 9.17) is 11.5 Å². The molecule has 2 aromatic rings. The maximum atomic E-state index is 9.63. The number of nitrogen functional groups attached to an aromatic ring is 2. The Morgan fingerprint density at radius 2 is 1.69 bits per heavy atom. The highest BCUT2D eigenvalue weighted by Crippen LogP contribution is 2.34. The number of benzene rings is 2. The van der Waals surface area contributed by atoms with Gasteiger partial charge in [-0.25, -0.2) is 0 Å². The van der Waals surface area contributed by atoms with Crippen molar-refractivity contribution in [3.05, 3.63) is 30.3 Å². The quantitative estimate of drug-likeness (QED) is 0.420. The molecule has 2 rings (SSSR count). The van der Waals surface area contributed by atoms with E-state index in [1.165, 1.54) is 0 Å². The van der Waals surface area contributed by atoms with Gasteiger partial charge in [-0.2, -0.15) is 0 Å². The summed E-state index contributed by atoms with van der Waals surface area (Å²) >= 11 is 0. The lowest BCUT2D eigenvalue weighted by molar-refractivity contribution is 0.484. The van der Waals surface area contributed by atoms with E-state index >= 15 is 0 Å². The van der Waals surface area contributed by atoms with E-state index in [2.05, 4.69) is 0 Å². The average molecular weight is 174 g/mol. The van der Waals surface area contributed by atoms with Crippen molar-refractivity contribution in [3.8, 4) is 5.75 Å². The molecule has 3 nitrogen and oxygen atoms in total. The van der Waals surface area contributed by atoms with Gasteiger partial charge >= 0.3 is 0 Å². The molecule has 3 heteroatoms. The van der Waals surface area contributed by atoms with Gasteiger partial charge in [-0.05, 0) is 17.5 Å². The third kappa shape index (κ3) is 1.05. The number of hydrogen-bond acceptors (Lipinski definition) is 3. The van der Waals surface area contributed by atoms with E-state index in [9.17, 15) is 5.11 Å². The molecule has 0 saturated heterocycles. The van der Waals surface area contributed by atoms with Crippen LogP contribution in [0.15, 0.2) is 30.3 Å². The maximum absolute atomic E-state index is 9.63. The Bertz CT molecular complexity index is 466. The molecule has 0 saturated carbocycles. The summed E-state index contributed by atoms with van der Waals surface area (Å²) in [6.45, 7) is 0. The first-order valence-corrected chi connectivity index (χ1v) is 3.96. The van der Waals surface area contributed by atoms with Gasteiger partial charge < -0.3 is 16.6 Å². The lowest BCUT2D eigenvalue weighted by Crippen LogP contribution is -1.90. The molecule has 0 spiro atoms. The number of phenols is 1. The predicted octanol–water partition coefficient (Wildman–Crippen LogP) is 1.71. The maximum Gasteiger partial charge on any atom is 0.148 e. The summed E-state index contributed by atoms with van der Waals surface area (Å²) < 4.78 is 0. The number of fused-ring (bicyclic) bond motifs is 1. The minimum atomic E-state index is 0.0654. The first-order chi connectivity index (χ1) is 6.20. The fourth-order valence-electron chi connectivity index (χ4n) is 1.40. The average Bonchev–Trinajstić information content (AvgIpc) is 2.12.